The lowest BCUT2D eigenvalue weighted by Crippen LogP contribution is -2.13. The number of fused-ring (bicyclic) bond motifs is 6. The molecule has 12 aromatic carbocycles. The average Bonchev–Trinajstić information content (AvgIpc) is 1.66. The van der Waals surface area contributed by atoms with Crippen LogP contribution in [0.3, 0.4) is 0 Å². The van der Waals surface area contributed by atoms with Crippen LogP contribution in [0.1, 0.15) is 65.2 Å². The highest BCUT2D eigenvalue weighted by atomic mass is 32.2. The molecule has 0 fully saturated rings. The van der Waals surface area contributed by atoms with Gasteiger partial charge in [-0.05, 0) is 260 Å². The van der Waals surface area contributed by atoms with Gasteiger partial charge in [-0.25, -0.2) is 16.8 Å². The molecule has 0 aromatic heterocycles. The number of aryl methyl sites for hydroxylation is 8. The van der Waals surface area contributed by atoms with Crippen LogP contribution >= 0.6 is 0 Å². The van der Waals surface area contributed by atoms with Crippen LogP contribution in [0.25, 0.3) is 0 Å². The van der Waals surface area contributed by atoms with Crippen LogP contribution < -0.4 is 76.7 Å². The Hall–Kier alpha value is -15.6. The minimum atomic E-state index is -3.63. The van der Waals surface area contributed by atoms with E-state index in [1.165, 1.54) is 121 Å². The summed E-state index contributed by atoms with van der Waals surface area (Å²) in [6.07, 6.45) is 7.17. The highest BCUT2D eigenvalue weighted by Gasteiger charge is 2.30. The molecule has 2 amide bonds. The minimum Gasteiger partial charge on any atom is -0.506 e. The molecule has 12 aromatic rings. The summed E-state index contributed by atoms with van der Waals surface area (Å²) in [7, 11) is -28.2. The lowest BCUT2D eigenvalue weighted by atomic mass is 10.0. The molecule has 0 bridgehead atoms. The third-order valence-electron chi connectivity index (χ3n) is 19.9. The fourth-order valence-electron chi connectivity index (χ4n) is 13.5. The molecule has 716 valence electrons. The fraction of sp³-hybridized carbons (Fsp3) is 0.119. The van der Waals surface area contributed by atoms with E-state index in [2.05, 4.69) is 76.7 Å². The van der Waals surface area contributed by atoms with Gasteiger partial charge in [-0.2, -0.15) is 50.5 Å². The van der Waals surface area contributed by atoms with Crippen LogP contribution in [0.4, 0.5) is 91.0 Å². The van der Waals surface area contributed by atoms with Crippen LogP contribution in [0.15, 0.2) is 218 Å². The Bertz CT molecular complexity index is 7680. The van der Waals surface area contributed by atoms with Crippen molar-refractivity contribution in [3.05, 3.63) is 274 Å². The number of anilines is 16. The maximum absolute atomic E-state index is 12.3. The number of carbonyl (C=O) groups is 2. The zero-order valence-electron chi connectivity index (χ0n) is 70.5. The number of phenolic OH excluding ortho intramolecular Hbond substituents is 10. The van der Waals surface area contributed by atoms with Gasteiger partial charge in [0.05, 0.1) is 92.1 Å². The van der Waals surface area contributed by atoms with E-state index in [1.54, 1.807) is 78.9 Å². The lowest BCUT2D eigenvalue weighted by molar-refractivity contribution is 0.101. The summed E-state index contributed by atoms with van der Waals surface area (Å²) in [5.41, 5.74) is 13.8. The summed E-state index contributed by atoms with van der Waals surface area (Å²) >= 11 is 0. The summed E-state index contributed by atoms with van der Waals surface area (Å²) in [4.78, 5) is 24.5. The van der Waals surface area contributed by atoms with E-state index >= 15 is 0 Å². The van der Waals surface area contributed by atoms with Gasteiger partial charge in [0.1, 0.15) is 11.5 Å². The highest BCUT2D eigenvalue weighted by molar-refractivity contribution is 7.96. The molecule has 0 saturated heterocycles. The quantitative estimate of drug-likeness (QED) is 0.0249. The molecule has 44 nitrogen and oxygen atoms in total. The highest BCUT2D eigenvalue weighted by Crippen LogP contribution is 2.40. The number of carbonyl (C=O) groups excluding carboxylic acids is 2. The van der Waals surface area contributed by atoms with E-state index in [0.29, 0.717) is 120 Å². The number of benzene rings is 12. The molecule has 18 rings (SSSR count). The molecule has 6 aliphatic rings. The van der Waals surface area contributed by atoms with Crippen LogP contribution in [0.2, 0.25) is 0 Å². The third-order valence-corrected chi connectivity index (χ3v) is 26.9. The molecule has 6 heterocycles. The topological polar surface area (TPSA) is 702 Å². The molecular formula is C84H84N16O28S8. The summed E-state index contributed by atoms with van der Waals surface area (Å²) in [5, 5.41) is 99.3. The number of nitrogens with one attached hydrogen (secondary N) is 16. The second-order valence-corrected chi connectivity index (χ2v) is 42.7. The van der Waals surface area contributed by atoms with Crippen LogP contribution in [-0.4, -0.2) is 143 Å². The maximum atomic E-state index is 12.3. The van der Waals surface area contributed by atoms with Crippen LogP contribution in [-0.2, 0) is 133 Å². The number of phenols is 10. The summed E-state index contributed by atoms with van der Waals surface area (Å²) in [6, 6.07) is 56.5. The van der Waals surface area contributed by atoms with Crippen LogP contribution in [0.5, 0.6) is 57.5 Å². The standard InChI is InChI=1S/2C15H17NO5S.C14H14N4O4S2.C14H14N2O4S.C13H11N5O5S2.C13H11N3O5S/c1-22(20,21)16-12-8-10(4-6-13(12)17)2-3-11-5-7-14(18)15(19)9-11;1-22(20,21)16-12-6-4-10(8-14(12)18)2-3-11-5-7-13(17)15(19)9-11;19-23(20)15-11-5-3-9(7-13(11)17-23)1-2-10-4-6-12-14(8-10)18-24(21,22)16-12;17-13-6-4-10(8-14(13)18)2-1-9-3-5-11-12(7-9)16-21(19,20)15-11;19-13(7-1-3-9-11(5-7)17-24(20,21)15-9)14-8-2-4-10-12(6-8)18-25(22,23)16-10;17-11-4-2-8(6-12(11)18)14-13(19)7-1-3-9-10(5-7)16-22(20,21)15-9/h2*4-9,16-19H,2-3H2,1H3;3-8,15-18H,1-2H2;3-8,15-18H,1-2H2;1-6,15-18H,(H,14,19);1-6,15-18H,(H,14,19). The first kappa shape index (κ1) is 97.9. The maximum Gasteiger partial charge on any atom is 0.321 e. The molecule has 52 heteroatoms. The van der Waals surface area contributed by atoms with Crippen molar-refractivity contribution in [2.45, 2.75) is 51.4 Å². The monoisotopic (exact) mass is 2020 g/mol. The Morgan fingerprint density at radius 1 is 0.228 bits per heavy atom. The van der Waals surface area contributed by atoms with E-state index in [0.717, 1.165) is 57.0 Å². The van der Waals surface area contributed by atoms with Crippen molar-refractivity contribution < 1.29 is 128 Å². The number of sulfonamides is 2. The molecular weight excluding hydrogens is 1940 g/mol. The Morgan fingerprint density at radius 2 is 0.449 bits per heavy atom. The molecule has 26 N–H and O–H groups in total. The van der Waals surface area contributed by atoms with Crippen molar-refractivity contribution in [1.29, 1.82) is 0 Å². The molecule has 0 unspecified atom stereocenters. The van der Waals surface area contributed by atoms with Gasteiger partial charge in [0, 0.05) is 28.6 Å². The van der Waals surface area contributed by atoms with Crippen molar-refractivity contribution in [1.82, 2.24) is 0 Å². The smallest absolute Gasteiger partial charge is 0.321 e. The molecule has 0 saturated carbocycles. The lowest BCUT2D eigenvalue weighted by Gasteiger charge is -2.09. The van der Waals surface area contributed by atoms with Gasteiger partial charge >= 0.3 is 61.3 Å². The number of amides is 2. The van der Waals surface area contributed by atoms with Crippen molar-refractivity contribution >= 4 is 184 Å². The molecule has 0 spiro atoms. The van der Waals surface area contributed by atoms with Crippen molar-refractivity contribution in [2.75, 3.05) is 89.3 Å². The molecule has 136 heavy (non-hydrogen) atoms. The predicted molar refractivity (Wildman–Crippen MR) is 513 cm³/mol. The van der Waals surface area contributed by atoms with Crippen molar-refractivity contribution in [3.8, 4) is 57.5 Å². The SMILES string of the molecule is CS(=O)(=O)Nc1cc(CCc2ccc(O)c(O)c2)ccc1O.CS(=O)(=O)Nc1ccc(CCc2ccc(O)c(O)c2)cc1O.O=C(Nc1ccc(O)c(O)c1)c1ccc2c(c1)NS(=O)(=O)N2.O=C(Nc1ccc2c(c1)NS(=O)(=O)N2)c1ccc2c(c1)NS(=O)(=O)N2.O=S1(=O)Nc2ccc(CCc3ccc(O)c(O)c3)cc2N1.O=S1(=O)Nc2ccc(CCc3ccc4c(c3)NS(=O)(=O)N4)cc2N1. The first-order valence-corrected chi connectivity index (χ1v) is 52.4. The molecule has 0 atom stereocenters. The Kier molecular flexibility index (Phi) is 28.3. The van der Waals surface area contributed by atoms with Gasteiger partial charge in [-0.1, -0.05) is 48.5 Å². The van der Waals surface area contributed by atoms with E-state index in [9.17, 15) is 128 Å². The third kappa shape index (κ3) is 26.9. The van der Waals surface area contributed by atoms with Gasteiger partial charge < -0.3 is 61.7 Å². The second-order valence-electron chi connectivity index (χ2n) is 30.7. The van der Waals surface area contributed by atoms with Gasteiger partial charge in [0.25, 0.3) is 11.8 Å². The molecule has 0 radical (unpaired) electrons. The zero-order valence-corrected chi connectivity index (χ0v) is 77.1. The van der Waals surface area contributed by atoms with E-state index in [4.69, 9.17) is 0 Å². The largest absolute Gasteiger partial charge is 0.506 e. The van der Waals surface area contributed by atoms with Gasteiger partial charge in [0.15, 0.2) is 46.0 Å². The van der Waals surface area contributed by atoms with Crippen molar-refractivity contribution in [3.63, 3.8) is 0 Å². The number of rotatable bonds is 20. The second kappa shape index (κ2) is 39.3. The summed E-state index contributed by atoms with van der Waals surface area (Å²) < 4.78 is 214. The fourth-order valence-corrected chi connectivity index (χ4v) is 20.5. The van der Waals surface area contributed by atoms with Crippen LogP contribution in [0, 0.1) is 0 Å². The first-order valence-electron chi connectivity index (χ1n) is 39.7. The molecule has 0 aliphatic carbocycles. The summed E-state index contributed by atoms with van der Waals surface area (Å²) in [6.45, 7) is 0. The zero-order chi connectivity index (χ0) is 98.4. The van der Waals surface area contributed by atoms with Crippen molar-refractivity contribution in [2.24, 2.45) is 0 Å². The Morgan fingerprint density at radius 3 is 0.757 bits per heavy atom. The van der Waals surface area contributed by atoms with Gasteiger partial charge in [0.2, 0.25) is 20.0 Å². The first-order chi connectivity index (χ1) is 63.8. The predicted octanol–water partition coefficient (Wildman–Crippen LogP) is 10.1. The number of hydrogen-bond donors (Lipinski definition) is 26. The number of hydrogen-bond acceptors (Lipinski definition) is 28. The van der Waals surface area contributed by atoms with E-state index in [1.807, 2.05) is 18.2 Å². The van der Waals surface area contributed by atoms with E-state index in [-0.39, 0.29) is 91.4 Å². The summed E-state index contributed by atoms with van der Waals surface area (Å²) in [5.74, 6) is -2.87. The Balaban J connectivity index is 0.000000138. The van der Waals surface area contributed by atoms with Gasteiger partial charge in [-0.15, -0.1) is 0 Å². The molecule has 6 aliphatic heterocycles. The average molecular weight is 2020 g/mol. The minimum absolute atomic E-state index is 0.133. The van der Waals surface area contributed by atoms with E-state index < -0.39 is 93.1 Å². The van der Waals surface area contributed by atoms with Gasteiger partial charge in [-0.3, -0.25) is 75.7 Å². The normalized spacial score (nSPS) is 14.9. The Labute approximate surface area is 778 Å². The number of aromatic hydroxyl groups is 10.